The molecular formula is C39H46F2. The monoisotopic (exact) mass is 552 g/mol. The van der Waals surface area contributed by atoms with Crippen molar-refractivity contribution in [1.29, 1.82) is 0 Å². The summed E-state index contributed by atoms with van der Waals surface area (Å²) in [5.74, 6) is 10.1. The molecule has 0 bridgehead atoms. The minimum Gasteiger partial charge on any atom is -0.205 e. The van der Waals surface area contributed by atoms with E-state index in [0.29, 0.717) is 5.56 Å². The Morgan fingerprint density at radius 2 is 0.805 bits per heavy atom. The van der Waals surface area contributed by atoms with Crippen LogP contribution in [0.15, 0.2) is 60.7 Å². The van der Waals surface area contributed by atoms with Crippen LogP contribution in [0.4, 0.5) is 8.78 Å². The molecule has 0 heterocycles. The highest BCUT2D eigenvalue weighted by molar-refractivity contribution is 5.49. The summed E-state index contributed by atoms with van der Waals surface area (Å²) in [5, 5.41) is 0. The van der Waals surface area contributed by atoms with Gasteiger partial charge in [-0.05, 0) is 73.2 Å². The number of hydrogen-bond donors (Lipinski definition) is 0. The van der Waals surface area contributed by atoms with Crippen LogP contribution in [-0.2, 0) is 12.8 Å². The van der Waals surface area contributed by atoms with Crippen molar-refractivity contribution < 1.29 is 8.78 Å². The van der Waals surface area contributed by atoms with Crippen molar-refractivity contribution >= 4 is 0 Å². The first-order valence-corrected chi connectivity index (χ1v) is 15.8. The van der Waals surface area contributed by atoms with E-state index in [-0.39, 0.29) is 5.56 Å². The van der Waals surface area contributed by atoms with E-state index in [4.69, 9.17) is 0 Å². The Morgan fingerprint density at radius 3 is 1.24 bits per heavy atom. The van der Waals surface area contributed by atoms with Crippen molar-refractivity contribution in [3.05, 3.63) is 106 Å². The predicted molar refractivity (Wildman–Crippen MR) is 170 cm³/mol. The number of hydrogen-bond acceptors (Lipinski definition) is 0. The van der Waals surface area contributed by atoms with Gasteiger partial charge in [-0.1, -0.05) is 132 Å². The molecule has 0 nitrogen and oxygen atoms in total. The number of rotatable bonds is 15. The molecule has 0 unspecified atom stereocenters. The van der Waals surface area contributed by atoms with Gasteiger partial charge in [-0.3, -0.25) is 0 Å². The average Bonchev–Trinajstić information content (AvgIpc) is 2.98. The van der Waals surface area contributed by atoms with Crippen molar-refractivity contribution in [2.75, 3.05) is 0 Å². The lowest BCUT2D eigenvalue weighted by atomic mass is 10.0. The van der Waals surface area contributed by atoms with E-state index in [1.54, 1.807) is 0 Å². The van der Waals surface area contributed by atoms with Gasteiger partial charge in [0.25, 0.3) is 0 Å². The summed E-state index contributed by atoms with van der Waals surface area (Å²) in [7, 11) is 0. The molecular weight excluding hydrogens is 506 g/mol. The van der Waals surface area contributed by atoms with Crippen LogP contribution in [0.3, 0.4) is 0 Å². The van der Waals surface area contributed by atoms with Crippen molar-refractivity contribution in [3.8, 4) is 23.7 Å². The highest BCUT2D eigenvalue weighted by Gasteiger charge is 2.08. The molecule has 0 fully saturated rings. The Hall–Kier alpha value is -3.36. The number of halogens is 2. The summed E-state index contributed by atoms with van der Waals surface area (Å²) in [5.41, 5.74) is 4.23. The molecule has 0 saturated heterocycles. The average molecular weight is 553 g/mol. The van der Waals surface area contributed by atoms with Gasteiger partial charge >= 0.3 is 0 Å². The zero-order chi connectivity index (χ0) is 29.1. The van der Waals surface area contributed by atoms with Gasteiger partial charge in [-0.25, -0.2) is 8.78 Å². The van der Waals surface area contributed by atoms with Gasteiger partial charge in [0.15, 0.2) is 0 Å². The SMILES string of the molecule is CCCCCCCCCc1ccc(C#Cc2c(F)cc(C#Cc3ccc(CCCCCCCC)cc3)cc2F)cc1. The largest absolute Gasteiger partial charge is 0.205 e. The van der Waals surface area contributed by atoms with Crippen LogP contribution in [0.5, 0.6) is 0 Å². The third-order valence-electron chi connectivity index (χ3n) is 7.52. The molecule has 0 aromatic heterocycles. The molecule has 0 radical (unpaired) electrons. The number of aryl methyl sites for hydroxylation is 2. The standard InChI is InChI=1S/C39H46F2/c1-3-5-7-9-11-13-15-17-33-20-24-35(25-21-33)28-29-37-38(40)30-36(31-39(37)41)27-26-34-22-18-32(19-23-34)16-14-12-10-8-6-4-2/h18-25,30-31H,3-17H2,1-2H3. The maximum atomic E-state index is 14.7. The summed E-state index contributed by atoms with van der Waals surface area (Å²) < 4.78 is 29.5. The van der Waals surface area contributed by atoms with Crippen LogP contribution < -0.4 is 0 Å². The first-order valence-electron chi connectivity index (χ1n) is 15.8. The third-order valence-corrected chi connectivity index (χ3v) is 7.52. The topological polar surface area (TPSA) is 0 Å². The second-order valence-corrected chi connectivity index (χ2v) is 11.1. The van der Waals surface area contributed by atoms with E-state index in [9.17, 15) is 8.78 Å². The van der Waals surface area contributed by atoms with Gasteiger partial charge < -0.3 is 0 Å². The summed E-state index contributed by atoms with van der Waals surface area (Å²) in [6.07, 6.45) is 18.9. The van der Waals surface area contributed by atoms with Gasteiger partial charge in [0.1, 0.15) is 11.6 Å². The zero-order valence-corrected chi connectivity index (χ0v) is 25.1. The molecule has 0 amide bonds. The maximum Gasteiger partial charge on any atom is 0.143 e. The quantitative estimate of drug-likeness (QED) is 0.130. The van der Waals surface area contributed by atoms with Crippen molar-refractivity contribution in [1.82, 2.24) is 0 Å². The Balaban J connectivity index is 1.51. The molecule has 3 rings (SSSR count). The Morgan fingerprint density at radius 1 is 0.439 bits per heavy atom. The second kappa shape index (κ2) is 18.9. The fraction of sp³-hybridized carbons (Fsp3) is 0.436. The first kappa shape index (κ1) is 32.2. The van der Waals surface area contributed by atoms with Crippen LogP contribution in [0.2, 0.25) is 0 Å². The van der Waals surface area contributed by atoms with Gasteiger partial charge in [0.05, 0.1) is 5.56 Å². The van der Waals surface area contributed by atoms with Crippen molar-refractivity contribution in [2.45, 2.75) is 110 Å². The normalized spacial score (nSPS) is 10.5. The van der Waals surface area contributed by atoms with Gasteiger partial charge in [0.2, 0.25) is 0 Å². The van der Waals surface area contributed by atoms with Crippen LogP contribution in [0, 0.1) is 35.3 Å². The maximum absolute atomic E-state index is 14.7. The molecule has 3 aromatic rings. The Labute approximate surface area is 248 Å². The van der Waals surface area contributed by atoms with Crippen LogP contribution >= 0.6 is 0 Å². The molecule has 0 spiro atoms. The highest BCUT2D eigenvalue weighted by atomic mass is 19.1. The van der Waals surface area contributed by atoms with Gasteiger partial charge in [0, 0.05) is 16.7 Å². The molecule has 0 atom stereocenters. The van der Waals surface area contributed by atoms with E-state index in [0.717, 1.165) is 24.0 Å². The van der Waals surface area contributed by atoms with Gasteiger partial charge in [-0.2, -0.15) is 0 Å². The lowest BCUT2D eigenvalue weighted by molar-refractivity contribution is 0.577. The molecule has 2 heteroatoms. The third kappa shape index (κ3) is 12.4. The molecule has 0 aliphatic carbocycles. The van der Waals surface area contributed by atoms with Crippen LogP contribution in [0.1, 0.15) is 131 Å². The Kier molecular flexibility index (Phi) is 14.8. The highest BCUT2D eigenvalue weighted by Crippen LogP contribution is 2.16. The van der Waals surface area contributed by atoms with E-state index in [1.165, 1.54) is 107 Å². The van der Waals surface area contributed by atoms with E-state index in [2.05, 4.69) is 61.8 Å². The molecule has 0 saturated carbocycles. The lowest BCUT2D eigenvalue weighted by Gasteiger charge is -2.03. The lowest BCUT2D eigenvalue weighted by Crippen LogP contribution is -1.93. The van der Waals surface area contributed by atoms with E-state index >= 15 is 0 Å². The fourth-order valence-electron chi connectivity index (χ4n) is 4.95. The number of benzene rings is 3. The first-order chi connectivity index (χ1) is 20.1. The molecule has 0 aliphatic heterocycles. The second-order valence-electron chi connectivity index (χ2n) is 11.1. The van der Waals surface area contributed by atoms with Crippen molar-refractivity contribution in [2.24, 2.45) is 0 Å². The van der Waals surface area contributed by atoms with Crippen LogP contribution in [-0.4, -0.2) is 0 Å². The molecule has 0 aliphatic rings. The molecule has 0 N–H and O–H groups in total. The summed E-state index contributed by atoms with van der Waals surface area (Å²) in [4.78, 5) is 0. The smallest absolute Gasteiger partial charge is 0.143 e. The summed E-state index contributed by atoms with van der Waals surface area (Å²) in [6.45, 7) is 4.48. The fourth-order valence-corrected chi connectivity index (χ4v) is 4.95. The number of unbranched alkanes of at least 4 members (excludes halogenated alkanes) is 11. The van der Waals surface area contributed by atoms with Crippen LogP contribution in [0.25, 0.3) is 0 Å². The zero-order valence-electron chi connectivity index (χ0n) is 25.1. The van der Waals surface area contributed by atoms with E-state index in [1.807, 2.05) is 24.3 Å². The predicted octanol–water partition coefficient (Wildman–Crippen LogP) is 11.0. The van der Waals surface area contributed by atoms with Crippen molar-refractivity contribution in [3.63, 3.8) is 0 Å². The summed E-state index contributed by atoms with van der Waals surface area (Å²) >= 11 is 0. The van der Waals surface area contributed by atoms with E-state index < -0.39 is 11.6 Å². The minimum absolute atomic E-state index is 0.221. The minimum atomic E-state index is -0.688. The molecule has 216 valence electrons. The van der Waals surface area contributed by atoms with Gasteiger partial charge in [-0.15, -0.1) is 0 Å². The Bertz CT molecular complexity index is 1270. The summed E-state index contributed by atoms with van der Waals surface area (Å²) in [6, 6.07) is 18.7. The molecule has 41 heavy (non-hydrogen) atoms. The molecule has 3 aromatic carbocycles.